The van der Waals surface area contributed by atoms with Gasteiger partial charge in [-0.05, 0) is 18.6 Å². The molecule has 2 aromatic carbocycles. The Hall–Kier alpha value is -2.86. The highest BCUT2D eigenvalue weighted by Crippen LogP contribution is 2.31. The van der Waals surface area contributed by atoms with Crippen molar-refractivity contribution in [3.05, 3.63) is 74.7 Å². The molecule has 1 N–H and O–H groups in total. The number of rotatable bonds is 4. The fraction of sp³-hybridized carbons (Fsp3) is 0.238. The summed E-state index contributed by atoms with van der Waals surface area (Å²) in [4.78, 5) is 24.8. The fourth-order valence-electron chi connectivity index (χ4n) is 3.31. The second kappa shape index (κ2) is 7.40. The lowest BCUT2D eigenvalue weighted by Gasteiger charge is -2.26. The molecule has 27 heavy (non-hydrogen) atoms. The number of thiazole rings is 1. The number of para-hydroxylation sites is 1. The van der Waals surface area contributed by atoms with E-state index in [1.165, 1.54) is 4.57 Å². The number of carbonyl (C=O) groups is 1. The number of nitrogens with one attached hydrogen (secondary N) is 1. The van der Waals surface area contributed by atoms with E-state index in [0.29, 0.717) is 13.0 Å². The van der Waals surface area contributed by atoms with Gasteiger partial charge in [-0.2, -0.15) is 0 Å². The van der Waals surface area contributed by atoms with Crippen molar-refractivity contribution in [2.75, 3.05) is 6.61 Å². The quantitative estimate of drug-likeness (QED) is 0.753. The maximum absolute atomic E-state index is 12.7. The molecule has 0 aliphatic carbocycles. The molecule has 4 rings (SSSR count). The molecule has 0 fully saturated rings. The zero-order valence-corrected chi connectivity index (χ0v) is 15.8. The van der Waals surface area contributed by atoms with E-state index in [9.17, 15) is 9.59 Å². The first-order valence-electron chi connectivity index (χ1n) is 8.88. The summed E-state index contributed by atoms with van der Waals surface area (Å²) < 4.78 is 7.18. The van der Waals surface area contributed by atoms with Gasteiger partial charge >= 0.3 is 4.87 Å². The van der Waals surface area contributed by atoms with Crippen molar-refractivity contribution in [3.63, 3.8) is 0 Å². The van der Waals surface area contributed by atoms with Crippen LogP contribution in [0.25, 0.3) is 11.3 Å². The molecule has 5 nitrogen and oxygen atoms in total. The molecule has 3 aromatic rings. The van der Waals surface area contributed by atoms with Crippen molar-refractivity contribution < 1.29 is 9.53 Å². The lowest BCUT2D eigenvalue weighted by Crippen LogP contribution is -2.36. The number of fused-ring (bicyclic) bond motifs is 1. The molecule has 0 saturated carbocycles. The predicted molar refractivity (Wildman–Crippen MR) is 106 cm³/mol. The van der Waals surface area contributed by atoms with Gasteiger partial charge in [-0.15, -0.1) is 0 Å². The van der Waals surface area contributed by atoms with Crippen LogP contribution in [0.2, 0.25) is 0 Å². The third-order valence-corrected chi connectivity index (χ3v) is 5.49. The number of hydrogen-bond acceptors (Lipinski definition) is 4. The Balaban J connectivity index is 1.54. The number of hydrogen-bond donors (Lipinski definition) is 1. The Morgan fingerprint density at radius 3 is 2.81 bits per heavy atom. The van der Waals surface area contributed by atoms with E-state index in [-0.39, 0.29) is 23.4 Å². The SMILES string of the molecule is Cc1ccc(-c2csc(=O)n2CC(=O)N[C@H]2CCOc3ccccc32)cc1. The van der Waals surface area contributed by atoms with Gasteiger partial charge in [-0.1, -0.05) is 59.4 Å². The molecule has 0 spiro atoms. The first kappa shape index (κ1) is 17.5. The summed E-state index contributed by atoms with van der Waals surface area (Å²) in [6.07, 6.45) is 0.714. The Labute approximate surface area is 161 Å². The molecule has 0 radical (unpaired) electrons. The number of benzene rings is 2. The summed E-state index contributed by atoms with van der Waals surface area (Å²) in [5.41, 5.74) is 3.84. The second-order valence-corrected chi connectivity index (χ2v) is 7.45. The lowest BCUT2D eigenvalue weighted by atomic mass is 10.0. The molecular formula is C21H20N2O3S. The number of ether oxygens (including phenoxy) is 1. The van der Waals surface area contributed by atoms with Crippen LogP contribution in [0, 0.1) is 6.92 Å². The van der Waals surface area contributed by atoms with E-state index in [2.05, 4.69) is 5.32 Å². The third-order valence-electron chi connectivity index (χ3n) is 4.73. The van der Waals surface area contributed by atoms with Gasteiger partial charge < -0.3 is 10.1 Å². The van der Waals surface area contributed by atoms with E-state index in [4.69, 9.17) is 4.74 Å². The van der Waals surface area contributed by atoms with E-state index in [1.54, 1.807) is 0 Å². The molecule has 1 aliphatic heterocycles. The van der Waals surface area contributed by atoms with Crippen molar-refractivity contribution in [2.45, 2.75) is 25.9 Å². The highest BCUT2D eigenvalue weighted by Gasteiger charge is 2.23. The molecule has 6 heteroatoms. The van der Waals surface area contributed by atoms with Crippen LogP contribution in [-0.4, -0.2) is 17.1 Å². The Kier molecular flexibility index (Phi) is 4.81. The highest BCUT2D eigenvalue weighted by atomic mass is 32.1. The first-order valence-corrected chi connectivity index (χ1v) is 9.76. The summed E-state index contributed by atoms with van der Waals surface area (Å²) in [5, 5.41) is 4.86. The Morgan fingerprint density at radius 1 is 1.22 bits per heavy atom. The normalized spacial score (nSPS) is 15.7. The molecule has 0 bridgehead atoms. The van der Waals surface area contributed by atoms with Crippen molar-refractivity contribution in [2.24, 2.45) is 0 Å². The van der Waals surface area contributed by atoms with Crippen LogP contribution in [-0.2, 0) is 11.3 Å². The Morgan fingerprint density at radius 2 is 2.00 bits per heavy atom. The predicted octanol–water partition coefficient (Wildman–Crippen LogP) is 3.53. The number of carbonyl (C=O) groups excluding carboxylic acids is 1. The standard InChI is InChI=1S/C21H20N2O3S/c1-14-6-8-15(9-7-14)18-13-27-21(25)23(18)12-20(24)22-17-10-11-26-19-5-3-2-4-16(17)19/h2-9,13,17H,10-12H2,1H3,(H,22,24)/t17-/m0/s1. The monoisotopic (exact) mass is 380 g/mol. The van der Waals surface area contributed by atoms with Gasteiger partial charge in [0.15, 0.2) is 0 Å². The maximum Gasteiger partial charge on any atom is 0.308 e. The van der Waals surface area contributed by atoms with Gasteiger partial charge in [0.2, 0.25) is 5.91 Å². The highest BCUT2D eigenvalue weighted by molar-refractivity contribution is 7.07. The van der Waals surface area contributed by atoms with Crippen molar-refractivity contribution in [1.29, 1.82) is 0 Å². The van der Waals surface area contributed by atoms with E-state index >= 15 is 0 Å². The number of aromatic nitrogens is 1. The fourth-order valence-corrected chi connectivity index (χ4v) is 4.07. The zero-order chi connectivity index (χ0) is 18.8. The molecule has 0 unspecified atom stereocenters. The van der Waals surface area contributed by atoms with Crippen LogP contribution >= 0.6 is 11.3 Å². The second-order valence-electron chi connectivity index (χ2n) is 6.63. The minimum atomic E-state index is -0.175. The summed E-state index contributed by atoms with van der Waals surface area (Å²) in [7, 11) is 0. The van der Waals surface area contributed by atoms with Crippen molar-refractivity contribution >= 4 is 17.2 Å². The number of nitrogens with zero attached hydrogens (tertiary/aromatic N) is 1. The smallest absolute Gasteiger partial charge is 0.308 e. The summed E-state index contributed by atoms with van der Waals surface area (Å²) >= 11 is 1.11. The molecule has 1 atom stereocenters. The van der Waals surface area contributed by atoms with Crippen LogP contribution in [0.3, 0.4) is 0 Å². The van der Waals surface area contributed by atoms with Crippen LogP contribution in [0.5, 0.6) is 5.75 Å². The summed E-state index contributed by atoms with van der Waals surface area (Å²) in [6, 6.07) is 15.6. The molecule has 1 aromatic heterocycles. The van der Waals surface area contributed by atoms with Gasteiger partial charge in [-0.3, -0.25) is 14.2 Å². The number of aryl methyl sites for hydroxylation is 1. The molecular weight excluding hydrogens is 360 g/mol. The average molecular weight is 380 g/mol. The maximum atomic E-state index is 12.7. The zero-order valence-electron chi connectivity index (χ0n) is 15.0. The van der Waals surface area contributed by atoms with Gasteiger partial charge in [0.05, 0.1) is 18.3 Å². The van der Waals surface area contributed by atoms with Gasteiger partial charge in [-0.25, -0.2) is 0 Å². The van der Waals surface area contributed by atoms with E-state index < -0.39 is 0 Å². The van der Waals surface area contributed by atoms with E-state index in [1.807, 2.05) is 60.8 Å². The van der Waals surface area contributed by atoms with Gasteiger partial charge in [0.25, 0.3) is 0 Å². The topological polar surface area (TPSA) is 60.3 Å². The Bertz CT molecular complexity index is 1020. The van der Waals surface area contributed by atoms with Gasteiger partial charge in [0, 0.05) is 17.4 Å². The molecule has 1 amide bonds. The van der Waals surface area contributed by atoms with Crippen LogP contribution < -0.4 is 14.9 Å². The van der Waals surface area contributed by atoms with Crippen molar-refractivity contribution in [3.8, 4) is 17.0 Å². The van der Waals surface area contributed by atoms with Gasteiger partial charge in [0.1, 0.15) is 12.3 Å². The number of amides is 1. The van der Waals surface area contributed by atoms with Crippen molar-refractivity contribution in [1.82, 2.24) is 9.88 Å². The van der Waals surface area contributed by atoms with E-state index in [0.717, 1.165) is 39.5 Å². The molecule has 0 saturated heterocycles. The van der Waals surface area contributed by atoms with Crippen LogP contribution in [0.4, 0.5) is 0 Å². The average Bonchev–Trinajstić information content (AvgIpc) is 3.03. The molecule has 2 heterocycles. The minimum absolute atomic E-state index is 0.00503. The van der Waals surface area contributed by atoms with Crippen LogP contribution in [0.15, 0.2) is 58.7 Å². The van der Waals surface area contributed by atoms with Crippen LogP contribution in [0.1, 0.15) is 23.6 Å². The summed E-state index contributed by atoms with van der Waals surface area (Å²) in [5.74, 6) is 0.632. The third kappa shape index (κ3) is 3.66. The lowest BCUT2D eigenvalue weighted by molar-refractivity contribution is -0.122. The minimum Gasteiger partial charge on any atom is -0.493 e. The first-order chi connectivity index (χ1) is 13.1. The summed E-state index contributed by atoms with van der Waals surface area (Å²) in [6.45, 7) is 2.59. The largest absolute Gasteiger partial charge is 0.493 e. The molecule has 138 valence electrons. The molecule has 1 aliphatic rings.